The number of unbranched alkanes of at least 4 members (excludes halogenated alkanes) is 3. The van der Waals surface area contributed by atoms with Gasteiger partial charge in [0.1, 0.15) is 5.60 Å². The van der Waals surface area contributed by atoms with Gasteiger partial charge in [-0.15, -0.1) is 0 Å². The molecule has 0 unspecified atom stereocenters. The second kappa shape index (κ2) is 11.2. The van der Waals surface area contributed by atoms with Crippen molar-refractivity contribution in [3.05, 3.63) is 40.3 Å². The maximum Gasteiger partial charge on any atom is 0.407 e. The SMILES string of the molecule is CCc1ccc(/C=C2\SC(=O)N(CCCCCCNC(=O)OC(C)(C)C)C2=O)cc1. The van der Waals surface area contributed by atoms with Crippen molar-refractivity contribution < 1.29 is 19.1 Å². The van der Waals surface area contributed by atoms with Gasteiger partial charge in [-0.1, -0.05) is 44.0 Å². The summed E-state index contributed by atoms with van der Waals surface area (Å²) in [5.41, 5.74) is 1.67. The Morgan fingerprint density at radius 1 is 1.10 bits per heavy atom. The molecule has 0 radical (unpaired) electrons. The number of nitrogens with zero attached hydrogens (tertiary/aromatic N) is 1. The third-order valence-electron chi connectivity index (χ3n) is 4.54. The van der Waals surface area contributed by atoms with E-state index in [-0.39, 0.29) is 11.1 Å². The number of aryl methyl sites for hydroxylation is 1. The highest BCUT2D eigenvalue weighted by molar-refractivity contribution is 8.18. The van der Waals surface area contributed by atoms with Crippen LogP contribution >= 0.6 is 11.8 Å². The minimum Gasteiger partial charge on any atom is -0.444 e. The molecule has 7 heteroatoms. The minimum absolute atomic E-state index is 0.206. The number of imide groups is 1. The van der Waals surface area contributed by atoms with Crippen molar-refractivity contribution in [3.63, 3.8) is 0 Å². The van der Waals surface area contributed by atoms with Crippen LogP contribution in [0, 0.1) is 0 Å². The Labute approximate surface area is 183 Å². The van der Waals surface area contributed by atoms with E-state index in [1.165, 1.54) is 10.5 Å². The van der Waals surface area contributed by atoms with Gasteiger partial charge in [-0.25, -0.2) is 4.79 Å². The van der Waals surface area contributed by atoms with Crippen molar-refractivity contribution in [1.82, 2.24) is 10.2 Å². The van der Waals surface area contributed by atoms with Gasteiger partial charge in [0.05, 0.1) is 4.91 Å². The number of thioether (sulfide) groups is 1. The molecule has 1 saturated heterocycles. The quantitative estimate of drug-likeness (QED) is 0.419. The van der Waals surface area contributed by atoms with E-state index in [0.29, 0.717) is 18.0 Å². The molecule has 2 rings (SSSR count). The summed E-state index contributed by atoms with van der Waals surface area (Å²) in [5, 5.41) is 2.53. The van der Waals surface area contributed by atoms with Crippen LogP contribution in [0.15, 0.2) is 29.2 Å². The summed E-state index contributed by atoms with van der Waals surface area (Å²) in [5.74, 6) is -0.212. The molecule has 1 aromatic carbocycles. The molecule has 1 aromatic rings. The van der Waals surface area contributed by atoms with Gasteiger partial charge in [0.25, 0.3) is 11.1 Å². The fraction of sp³-hybridized carbons (Fsp3) is 0.522. The third-order valence-corrected chi connectivity index (χ3v) is 5.44. The third kappa shape index (κ3) is 7.86. The summed E-state index contributed by atoms with van der Waals surface area (Å²) < 4.78 is 5.18. The lowest BCUT2D eigenvalue weighted by Gasteiger charge is -2.19. The highest BCUT2D eigenvalue weighted by Gasteiger charge is 2.34. The largest absolute Gasteiger partial charge is 0.444 e. The van der Waals surface area contributed by atoms with Crippen LogP contribution in [-0.4, -0.2) is 40.8 Å². The standard InChI is InChI=1S/C23H32N2O4S/c1-5-17-10-12-18(13-11-17)16-19-20(26)25(22(28)30-19)15-9-7-6-8-14-24-21(27)29-23(2,3)4/h10-13,16H,5-9,14-15H2,1-4H3,(H,24,27)/b19-16-. The summed E-state index contributed by atoms with van der Waals surface area (Å²) in [6.45, 7) is 8.56. The van der Waals surface area contributed by atoms with E-state index < -0.39 is 11.7 Å². The van der Waals surface area contributed by atoms with Crippen molar-refractivity contribution in [3.8, 4) is 0 Å². The number of carbonyl (C=O) groups is 3. The fourth-order valence-electron chi connectivity index (χ4n) is 2.95. The summed E-state index contributed by atoms with van der Waals surface area (Å²) in [7, 11) is 0. The molecule has 164 valence electrons. The number of benzene rings is 1. The Kier molecular flexibility index (Phi) is 8.96. The van der Waals surface area contributed by atoms with Crippen LogP contribution in [0.4, 0.5) is 9.59 Å². The van der Waals surface area contributed by atoms with Crippen molar-refractivity contribution in [1.29, 1.82) is 0 Å². The molecule has 3 amide bonds. The first kappa shape index (κ1) is 24.0. The van der Waals surface area contributed by atoms with E-state index in [0.717, 1.165) is 49.4 Å². The Morgan fingerprint density at radius 2 is 1.77 bits per heavy atom. The van der Waals surface area contributed by atoms with Gasteiger partial charge in [-0.2, -0.15) is 0 Å². The van der Waals surface area contributed by atoms with Crippen LogP contribution in [-0.2, 0) is 16.0 Å². The molecule has 0 spiro atoms. The maximum absolute atomic E-state index is 12.6. The monoisotopic (exact) mass is 432 g/mol. The van der Waals surface area contributed by atoms with Crippen molar-refractivity contribution in [2.75, 3.05) is 13.1 Å². The normalized spacial score (nSPS) is 15.7. The minimum atomic E-state index is -0.497. The van der Waals surface area contributed by atoms with Gasteiger partial charge >= 0.3 is 6.09 Å². The molecule has 30 heavy (non-hydrogen) atoms. The van der Waals surface area contributed by atoms with Crippen molar-refractivity contribution in [2.24, 2.45) is 0 Å². The number of rotatable bonds is 9. The number of carbonyl (C=O) groups excluding carboxylic acids is 3. The number of nitrogens with one attached hydrogen (secondary N) is 1. The Morgan fingerprint density at radius 3 is 2.40 bits per heavy atom. The second-order valence-corrected chi connectivity index (χ2v) is 9.26. The van der Waals surface area contributed by atoms with Gasteiger partial charge < -0.3 is 10.1 Å². The lowest BCUT2D eigenvalue weighted by molar-refractivity contribution is -0.122. The number of hydrogen-bond acceptors (Lipinski definition) is 5. The number of alkyl carbamates (subject to hydrolysis) is 1. The molecule has 6 nitrogen and oxygen atoms in total. The molecule has 0 saturated carbocycles. The molecular weight excluding hydrogens is 400 g/mol. The molecule has 1 fully saturated rings. The smallest absolute Gasteiger partial charge is 0.407 e. The molecule has 1 heterocycles. The second-order valence-electron chi connectivity index (χ2n) is 8.27. The van der Waals surface area contributed by atoms with Crippen LogP contribution in [0.2, 0.25) is 0 Å². The molecule has 0 aromatic heterocycles. The molecule has 0 bridgehead atoms. The van der Waals surface area contributed by atoms with Gasteiger partial charge in [0, 0.05) is 13.1 Å². The Balaban J connectivity index is 1.69. The summed E-state index contributed by atoms with van der Waals surface area (Å²) in [6, 6.07) is 8.01. The zero-order chi connectivity index (χ0) is 22.1. The number of amides is 3. The van der Waals surface area contributed by atoms with E-state index in [4.69, 9.17) is 4.74 Å². The van der Waals surface area contributed by atoms with Gasteiger partial charge in [-0.05, 0) is 69.0 Å². The van der Waals surface area contributed by atoms with Crippen LogP contribution in [0.5, 0.6) is 0 Å². The summed E-state index contributed by atoms with van der Waals surface area (Å²) >= 11 is 1.00. The Hall–Kier alpha value is -2.28. The lowest BCUT2D eigenvalue weighted by atomic mass is 10.1. The van der Waals surface area contributed by atoms with Gasteiger partial charge in [-0.3, -0.25) is 14.5 Å². The molecular formula is C23H32N2O4S. The zero-order valence-corrected chi connectivity index (χ0v) is 19.1. The van der Waals surface area contributed by atoms with Crippen LogP contribution in [0.1, 0.15) is 64.5 Å². The van der Waals surface area contributed by atoms with Crippen LogP contribution in [0.3, 0.4) is 0 Å². The highest BCUT2D eigenvalue weighted by Crippen LogP contribution is 2.32. The highest BCUT2D eigenvalue weighted by atomic mass is 32.2. The van der Waals surface area contributed by atoms with E-state index in [1.54, 1.807) is 6.08 Å². The van der Waals surface area contributed by atoms with Crippen LogP contribution < -0.4 is 5.32 Å². The predicted octanol–water partition coefficient (Wildman–Crippen LogP) is 5.37. The molecule has 1 aliphatic rings. The summed E-state index contributed by atoms with van der Waals surface area (Å²) in [4.78, 5) is 38.1. The average molecular weight is 433 g/mol. The average Bonchev–Trinajstić information content (AvgIpc) is 2.93. The summed E-state index contributed by atoms with van der Waals surface area (Å²) in [6.07, 6.45) is 5.72. The van der Waals surface area contributed by atoms with E-state index in [9.17, 15) is 14.4 Å². The predicted molar refractivity (Wildman–Crippen MR) is 121 cm³/mol. The lowest BCUT2D eigenvalue weighted by Crippen LogP contribution is -2.33. The van der Waals surface area contributed by atoms with Crippen molar-refractivity contribution in [2.45, 2.75) is 65.4 Å². The fourth-order valence-corrected chi connectivity index (χ4v) is 3.81. The number of ether oxygens (including phenoxy) is 1. The Bertz CT molecular complexity index is 781. The molecule has 1 aliphatic heterocycles. The first-order chi connectivity index (χ1) is 14.2. The maximum atomic E-state index is 12.6. The van der Waals surface area contributed by atoms with E-state index >= 15 is 0 Å². The van der Waals surface area contributed by atoms with E-state index in [1.807, 2.05) is 45.0 Å². The first-order valence-electron chi connectivity index (χ1n) is 10.5. The first-order valence-corrected chi connectivity index (χ1v) is 11.3. The molecule has 1 N–H and O–H groups in total. The molecule has 0 aliphatic carbocycles. The van der Waals surface area contributed by atoms with Crippen molar-refractivity contribution >= 4 is 35.1 Å². The van der Waals surface area contributed by atoms with Gasteiger partial charge in [0.2, 0.25) is 0 Å². The number of hydrogen-bond donors (Lipinski definition) is 1. The molecule has 0 atom stereocenters. The topological polar surface area (TPSA) is 75.7 Å². The van der Waals surface area contributed by atoms with E-state index in [2.05, 4.69) is 12.2 Å². The van der Waals surface area contributed by atoms with Gasteiger partial charge in [0.15, 0.2) is 0 Å². The zero-order valence-electron chi connectivity index (χ0n) is 18.3. The van der Waals surface area contributed by atoms with Crippen LogP contribution in [0.25, 0.3) is 6.08 Å².